The van der Waals surface area contributed by atoms with Gasteiger partial charge in [-0.1, -0.05) is 36.8 Å². The van der Waals surface area contributed by atoms with E-state index in [1.54, 1.807) is 0 Å². The molecule has 326 valence electrons. The number of carbonyl (C=O) groups is 2. The van der Waals surface area contributed by atoms with E-state index in [2.05, 4.69) is 24.5 Å². The highest BCUT2D eigenvalue weighted by Crippen LogP contribution is 2.50. The van der Waals surface area contributed by atoms with Crippen molar-refractivity contribution in [3.05, 3.63) is 71.3 Å². The standard InChI is InChI=1S/C33H43N9O16P2/c34-19(8-4-5-9-25(43)52-13-18-6-2-1-3-7-18)32(45)57-28-22(56-31(27(28)44)42-17-39-26-29(36)37-16-38-30(26)42)15-54-60(50,51)58-20-12-24(41-11-10-23(35)40-33(41)46)55-21(20)14-53-59(47,48)49/h1-3,6-7,10-11,16-17,19-22,24,27-28,31,44H,4-5,8-9,12-15,34H2,(H,50,51)(H2,35,40,46)(H2,36,37,38)(H2,47,48,49)/t19-,20-,21+,22+,24+,27+,28+,31+/m0/s1. The van der Waals surface area contributed by atoms with E-state index in [0.717, 1.165) is 16.5 Å². The molecule has 1 unspecified atom stereocenters. The zero-order chi connectivity index (χ0) is 43.2. The van der Waals surface area contributed by atoms with Crippen molar-refractivity contribution in [2.75, 3.05) is 24.7 Å². The molecule has 0 spiro atoms. The molecule has 2 saturated heterocycles. The number of phosphoric ester groups is 2. The summed E-state index contributed by atoms with van der Waals surface area (Å²) in [5, 5.41) is 11.5. The van der Waals surface area contributed by atoms with Crippen LogP contribution in [-0.4, -0.2) is 111 Å². The molecule has 2 fully saturated rings. The monoisotopic (exact) mass is 883 g/mol. The van der Waals surface area contributed by atoms with Crippen LogP contribution in [0.1, 0.15) is 50.1 Å². The van der Waals surface area contributed by atoms with E-state index in [0.29, 0.717) is 12.8 Å². The number of benzene rings is 1. The number of anilines is 2. The van der Waals surface area contributed by atoms with Gasteiger partial charge in [-0.3, -0.25) is 32.3 Å². The normalized spacial score (nSPS) is 24.6. The van der Waals surface area contributed by atoms with Crippen molar-refractivity contribution in [1.82, 2.24) is 29.1 Å². The van der Waals surface area contributed by atoms with E-state index in [4.69, 9.17) is 45.2 Å². The molecule has 25 nitrogen and oxygen atoms in total. The number of ether oxygens (including phenoxy) is 4. The fourth-order valence-corrected chi connectivity index (χ4v) is 7.69. The zero-order valence-electron chi connectivity index (χ0n) is 31.5. The van der Waals surface area contributed by atoms with Crippen LogP contribution in [0.5, 0.6) is 0 Å². The Labute approximate surface area is 339 Å². The molecule has 9 atom stereocenters. The largest absolute Gasteiger partial charge is 0.472 e. The Bertz CT molecular complexity index is 2280. The molecule has 0 amide bonds. The van der Waals surface area contributed by atoms with Crippen molar-refractivity contribution in [2.45, 2.75) is 87.7 Å². The maximum absolute atomic E-state index is 13.4. The molecule has 6 rings (SSSR count). The van der Waals surface area contributed by atoms with Crippen LogP contribution < -0.4 is 22.9 Å². The van der Waals surface area contributed by atoms with Crippen LogP contribution in [0.25, 0.3) is 11.2 Å². The molecule has 2 aliphatic heterocycles. The second kappa shape index (κ2) is 19.3. The van der Waals surface area contributed by atoms with E-state index in [1.165, 1.54) is 23.2 Å². The number of nitrogens with zero attached hydrogens (tertiary/aromatic N) is 6. The van der Waals surface area contributed by atoms with Crippen LogP contribution in [0.3, 0.4) is 0 Å². The third kappa shape index (κ3) is 11.5. The molecule has 0 saturated carbocycles. The summed E-state index contributed by atoms with van der Waals surface area (Å²) >= 11 is 0. The number of esters is 2. The molecular weight excluding hydrogens is 840 g/mol. The molecule has 0 aliphatic carbocycles. The van der Waals surface area contributed by atoms with Gasteiger partial charge in [0.2, 0.25) is 0 Å². The third-order valence-corrected chi connectivity index (χ3v) is 10.8. The highest BCUT2D eigenvalue weighted by Gasteiger charge is 2.50. The lowest BCUT2D eigenvalue weighted by atomic mass is 10.1. The Morgan fingerprint density at radius 1 is 0.967 bits per heavy atom. The number of phosphoric acid groups is 2. The Kier molecular flexibility index (Phi) is 14.4. The Balaban J connectivity index is 1.11. The number of nitrogen functional groups attached to an aromatic ring is 2. The van der Waals surface area contributed by atoms with Crippen molar-refractivity contribution in [1.29, 1.82) is 0 Å². The third-order valence-electron chi connectivity index (χ3n) is 9.33. The van der Waals surface area contributed by atoms with Gasteiger partial charge >= 0.3 is 33.3 Å². The molecule has 27 heteroatoms. The maximum atomic E-state index is 13.4. The van der Waals surface area contributed by atoms with Crippen LogP contribution in [0.15, 0.2) is 60.0 Å². The number of aliphatic hydroxyl groups is 1. The summed E-state index contributed by atoms with van der Waals surface area (Å²) in [6.45, 7) is -1.58. The molecule has 3 aromatic heterocycles. The Morgan fingerprint density at radius 2 is 1.72 bits per heavy atom. The van der Waals surface area contributed by atoms with Gasteiger partial charge in [-0.15, -0.1) is 0 Å². The van der Waals surface area contributed by atoms with Crippen molar-refractivity contribution < 1.29 is 71.0 Å². The summed E-state index contributed by atoms with van der Waals surface area (Å²) in [7, 11) is -10.2. The number of fused-ring (bicyclic) bond motifs is 1. The van der Waals surface area contributed by atoms with Gasteiger partial charge in [0.05, 0.1) is 19.5 Å². The first-order valence-electron chi connectivity index (χ1n) is 18.3. The molecule has 4 aromatic rings. The summed E-state index contributed by atoms with van der Waals surface area (Å²) in [6.07, 6.45) is -6.09. The summed E-state index contributed by atoms with van der Waals surface area (Å²) in [5.41, 5.74) is 17.9. The lowest BCUT2D eigenvalue weighted by Gasteiger charge is -2.24. The van der Waals surface area contributed by atoms with Crippen molar-refractivity contribution in [2.24, 2.45) is 5.73 Å². The molecule has 0 radical (unpaired) electrons. The molecule has 5 heterocycles. The van der Waals surface area contributed by atoms with Gasteiger partial charge < -0.3 is 55.9 Å². The number of rotatable bonds is 19. The van der Waals surface area contributed by atoms with Gasteiger partial charge in [0.25, 0.3) is 0 Å². The maximum Gasteiger partial charge on any atom is 0.472 e. The van der Waals surface area contributed by atoms with Crippen molar-refractivity contribution >= 4 is 50.4 Å². The molecule has 1 aromatic carbocycles. The summed E-state index contributed by atoms with van der Waals surface area (Å²) in [6, 6.07) is 9.18. The second-order valence-electron chi connectivity index (χ2n) is 13.6. The number of aromatic nitrogens is 6. The molecule has 2 aliphatic rings. The fourth-order valence-electron chi connectivity index (χ4n) is 6.39. The molecule has 60 heavy (non-hydrogen) atoms. The first-order valence-corrected chi connectivity index (χ1v) is 21.3. The number of hydrogen-bond donors (Lipinski definition) is 7. The van der Waals surface area contributed by atoms with E-state index in [9.17, 15) is 43.3 Å². The predicted octanol–water partition coefficient (Wildman–Crippen LogP) is -0.0522. The Morgan fingerprint density at radius 3 is 2.45 bits per heavy atom. The van der Waals surface area contributed by atoms with Crippen LogP contribution in [-0.2, 0) is 57.8 Å². The van der Waals surface area contributed by atoms with Gasteiger partial charge in [-0.2, -0.15) is 4.98 Å². The minimum absolute atomic E-state index is 0.0167. The van der Waals surface area contributed by atoms with Gasteiger partial charge in [0.1, 0.15) is 61.0 Å². The van der Waals surface area contributed by atoms with Gasteiger partial charge in [-0.25, -0.2) is 28.9 Å². The lowest BCUT2D eigenvalue weighted by molar-refractivity contribution is -0.158. The average Bonchev–Trinajstić information content (AvgIpc) is 3.89. The van der Waals surface area contributed by atoms with E-state index in [1.807, 2.05) is 30.3 Å². The SMILES string of the molecule is Nc1ccn([C@H]2C[C@H](OP(=O)(O)OC[C@H]3O[C@@H](n4cnc5c(N)ncnc54)[C@H](O)[C@@H]3OC(=O)[C@@H](N)CCCCC(=O)OCc3ccccc3)[C@@H](COP(=O)(O)O)O2)c(=O)n1. The lowest BCUT2D eigenvalue weighted by Crippen LogP contribution is -2.43. The van der Waals surface area contributed by atoms with Gasteiger partial charge in [-0.05, 0) is 24.5 Å². The molecule has 0 bridgehead atoms. The number of carbonyl (C=O) groups excluding carboxylic acids is 2. The number of aliphatic hydroxyl groups excluding tert-OH is 1. The summed E-state index contributed by atoms with van der Waals surface area (Å²) < 4.78 is 64.9. The van der Waals surface area contributed by atoms with Crippen LogP contribution in [0, 0.1) is 0 Å². The summed E-state index contributed by atoms with van der Waals surface area (Å²) in [5.74, 6) is -1.49. The molecular formula is C33H43N9O16P2. The zero-order valence-corrected chi connectivity index (χ0v) is 33.3. The first kappa shape index (κ1) is 44.8. The molecule has 10 N–H and O–H groups in total. The van der Waals surface area contributed by atoms with Crippen LogP contribution in [0.4, 0.5) is 11.6 Å². The second-order valence-corrected chi connectivity index (χ2v) is 16.3. The number of nitrogens with two attached hydrogens (primary N) is 3. The highest BCUT2D eigenvalue weighted by molar-refractivity contribution is 7.47. The number of imidazole rings is 1. The number of unbranched alkanes of at least 4 members (excludes halogenated alkanes) is 1. The van der Waals surface area contributed by atoms with Crippen LogP contribution >= 0.6 is 15.6 Å². The van der Waals surface area contributed by atoms with Gasteiger partial charge in [0.15, 0.2) is 23.8 Å². The van der Waals surface area contributed by atoms with Crippen molar-refractivity contribution in [3.63, 3.8) is 0 Å². The van der Waals surface area contributed by atoms with E-state index in [-0.39, 0.29) is 48.7 Å². The fraction of sp³-hybridized carbons (Fsp3) is 0.485. The quantitative estimate of drug-likeness (QED) is 0.0368. The summed E-state index contributed by atoms with van der Waals surface area (Å²) in [4.78, 5) is 83.1. The minimum atomic E-state index is -5.18. The van der Waals surface area contributed by atoms with Gasteiger partial charge in [0, 0.05) is 19.0 Å². The highest BCUT2D eigenvalue weighted by atomic mass is 31.2. The van der Waals surface area contributed by atoms with Crippen molar-refractivity contribution in [3.8, 4) is 0 Å². The topological polar surface area (TPSA) is 370 Å². The predicted molar refractivity (Wildman–Crippen MR) is 202 cm³/mol. The minimum Gasteiger partial charge on any atom is -0.461 e. The van der Waals surface area contributed by atoms with Crippen LogP contribution in [0.2, 0.25) is 0 Å². The smallest absolute Gasteiger partial charge is 0.461 e. The average molecular weight is 884 g/mol. The Hall–Kier alpha value is -4.75. The first-order chi connectivity index (χ1) is 28.5. The van der Waals surface area contributed by atoms with E-state index < -0.39 is 95.5 Å². The van der Waals surface area contributed by atoms with E-state index >= 15 is 0 Å². The number of hydrogen-bond acceptors (Lipinski definition) is 20.